The Hall–Kier alpha value is -2.45. The van der Waals surface area contributed by atoms with Gasteiger partial charge in [-0.2, -0.15) is 0 Å². The molecule has 1 aromatic heterocycles. The van der Waals surface area contributed by atoms with E-state index in [2.05, 4.69) is 9.69 Å². The summed E-state index contributed by atoms with van der Waals surface area (Å²) in [7, 11) is 3.19. The number of aromatic nitrogens is 1. The molecule has 1 N–H and O–H groups in total. The van der Waals surface area contributed by atoms with Gasteiger partial charge in [0.15, 0.2) is 11.8 Å². The van der Waals surface area contributed by atoms with Gasteiger partial charge in [-0.1, -0.05) is 6.07 Å². The Morgan fingerprint density at radius 3 is 2.81 bits per heavy atom. The number of hydrogen-bond acceptors (Lipinski definition) is 8. The molecule has 0 radical (unpaired) electrons. The van der Waals surface area contributed by atoms with Crippen LogP contribution in [0.1, 0.15) is 33.8 Å². The molecule has 0 fully saturated rings. The lowest BCUT2D eigenvalue weighted by molar-refractivity contribution is -0.144. The lowest BCUT2D eigenvalue weighted by Gasteiger charge is -2.28. The third-order valence-corrected chi connectivity index (χ3v) is 5.16. The van der Waals surface area contributed by atoms with E-state index in [1.807, 2.05) is 12.1 Å². The van der Waals surface area contributed by atoms with Crippen LogP contribution in [0, 0.1) is 0 Å². The molecule has 1 aromatic carbocycles. The molecule has 0 spiro atoms. The van der Waals surface area contributed by atoms with Crippen LogP contribution in [-0.4, -0.2) is 43.0 Å². The second-order valence-electron chi connectivity index (χ2n) is 5.75. The predicted octanol–water partition coefficient (Wildman–Crippen LogP) is 2.16. The maximum Gasteiger partial charge on any atom is 0.331 e. The number of carbonyl (C=O) groups excluding carboxylic acids is 2. The number of nitrogens with one attached hydrogen (secondary N) is 1. The van der Waals surface area contributed by atoms with E-state index in [1.54, 1.807) is 27.2 Å². The summed E-state index contributed by atoms with van der Waals surface area (Å²) in [5.41, 5.74) is 1.41. The van der Waals surface area contributed by atoms with Crippen LogP contribution in [0.5, 0.6) is 11.5 Å². The summed E-state index contributed by atoms with van der Waals surface area (Å²) >= 11 is 1.25. The first-order valence-corrected chi connectivity index (χ1v) is 8.98. The average molecular weight is 376 g/mol. The van der Waals surface area contributed by atoms with E-state index in [1.165, 1.54) is 17.7 Å². The predicted molar refractivity (Wildman–Crippen MR) is 96.0 cm³/mol. The molecule has 7 nitrogen and oxygen atoms in total. The maximum absolute atomic E-state index is 12.6. The van der Waals surface area contributed by atoms with Gasteiger partial charge < -0.3 is 14.2 Å². The lowest BCUT2D eigenvalue weighted by atomic mass is 9.92. The number of esters is 1. The van der Waals surface area contributed by atoms with Crippen molar-refractivity contribution in [1.29, 1.82) is 0 Å². The van der Waals surface area contributed by atoms with Gasteiger partial charge in [-0.25, -0.2) is 9.17 Å². The smallest absolute Gasteiger partial charge is 0.331 e. The van der Waals surface area contributed by atoms with Crippen molar-refractivity contribution < 1.29 is 23.8 Å². The highest BCUT2D eigenvalue weighted by Gasteiger charge is 2.39. The Bertz CT molecular complexity index is 820. The van der Waals surface area contributed by atoms with Crippen LogP contribution >= 0.6 is 11.5 Å². The molecule has 0 aliphatic carbocycles. The molecule has 138 valence electrons. The summed E-state index contributed by atoms with van der Waals surface area (Å²) in [6, 6.07) is 4.30. The summed E-state index contributed by atoms with van der Waals surface area (Å²) in [5, 5.41) is 3.12. The molecule has 2 unspecified atom stereocenters. The van der Waals surface area contributed by atoms with Crippen molar-refractivity contribution in [3.8, 4) is 11.5 Å². The second kappa shape index (κ2) is 7.84. The summed E-state index contributed by atoms with van der Waals surface area (Å²) in [6.07, 6.45) is 2.05. The van der Waals surface area contributed by atoms with Gasteiger partial charge in [0.1, 0.15) is 11.5 Å². The summed E-state index contributed by atoms with van der Waals surface area (Å²) in [4.78, 5) is 25.6. The van der Waals surface area contributed by atoms with Gasteiger partial charge in [0, 0.05) is 12.1 Å². The molecule has 0 bridgehead atoms. The van der Waals surface area contributed by atoms with Crippen molar-refractivity contribution >= 4 is 23.3 Å². The topological polar surface area (TPSA) is 86.8 Å². The summed E-state index contributed by atoms with van der Waals surface area (Å²) in [5.74, 6) is 0.508. The van der Waals surface area contributed by atoms with Gasteiger partial charge in [-0.3, -0.25) is 10.1 Å². The number of nitrogens with zero attached hydrogens (tertiary/aromatic N) is 1. The molecule has 1 aliphatic rings. The fraction of sp³-hybridized carbons (Fsp3) is 0.389. The van der Waals surface area contributed by atoms with E-state index in [9.17, 15) is 9.59 Å². The van der Waals surface area contributed by atoms with Gasteiger partial charge in [-0.05, 0) is 36.5 Å². The quantitative estimate of drug-likeness (QED) is 0.611. The number of Topliss-reactive ketones (excluding diaryl/α,β-unsaturated/α-hetero) is 1. The molecule has 8 heteroatoms. The lowest BCUT2D eigenvalue weighted by Crippen LogP contribution is -2.50. The monoisotopic (exact) mass is 376 g/mol. The van der Waals surface area contributed by atoms with Crippen molar-refractivity contribution in [2.24, 2.45) is 0 Å². The number of carbonyl (C=O) groups is 2. The Kier molecular flexibility index (Phi) is 5.53. The van der Waals surface area contributed by atoms with Crippen molar-refractivity contribution in [3.05, 3.63) is 40.4 Å². The highest BCUT2D eigenvalue weighted by atomic mass is 32.1. The molecule has 26 heavy (non-hydrogen) atoms. The average Bonchev–Trinajstić information content (AvgIpc) is 3.15. The first kappa shape index (κ1) is 18.3. The van der Waals surface area contributed by atoms with Crippen LogP contribution in [-0.2, 0) is 16.0 Å². The van der Waals surface area contributed by atoms with Crippen LogP contribution in [0.4, 0.5) is 0 Å². The van der Waals surface area contributed by atoms with E-state index in [-0.39, 0.29) is 18.4 Å². The molecule has 0 amide bonds. The molecule has 2 aromatic rings. The zero-order valence-corrected chi connectivity index (χ0v) is 15.6. The Morgan fingerprint density at radius 1 is 1.31 bits per heavy atom. The van der Waals surface area contributed by atoms with E-state index in [0.29, 0.717) is 23.5 Å². The molecule has 0 saturated carbocycles. The molecule has 0 saturated heterocycles. The number of rotatable bonds is 6. The van der Waals surface area contributed by atoms with Crippen molar-refractivity contribution in [2.45, 2.75) is 25.4 Å². The number of hydrogen-bond donors (Lipinski definition) is 1. The standard InChI is InChI=1S/C18H20N2O5S/c1-4-25-18(22)15-16(21)12-9-19-26-17(12)13(20-15)7-10-5-6-11(23-2)8-14(10)24-3/h5-6,8-9,13,15,20H,4,7H2,1-3H3. The van der Waals surface area contributed by atoms with Gasteiger partial charge in [0.25, 0.3) is 0 Å². The minimum Gasteiger partial charge on any atom is -0.497 e. The largest absolute Gasteiger partial charge is 0.497 e. The SMILES string of the molecule is CCOC(=O)C1NC(Cc2ccc(OC)cc2OC)c2sncc2C1=O. The van der Waals surface area contributed by atoms with Crippen LogP contribution < -0.4 is 14.8 Å². The summed E-state index contributed by atoms with van der Waals surface area (Å²) < 4.78 is 19.8. The van der Waals surface area contributed by atoms with Crippen LogP contribution in [0.15, 0.2) is 24.4 Å². The summed E-state index contributed by atoms with van der Waals surface area (Å²) in [6.45, 7) is 1.93. The van der Waals surface area contributed by atoms with Crippen molar-refractivity contribution in [2.75, 3.05) is 20.8 Å². The van der Waals surface area contributed by atoms with Gasteiger partial charge in [-0.15, -0.1) is 0 Å². The van der Waals surface area contributed by atoms with Crippen molar-refractivity contribution in [1.82, 2.24) is 9.69 Å². The Labute approximate surface area is 155 Å². The zero-order valence-electron chi connectivity index (χ0n) is 14.8. The normalized spacial score (nSPS) is 19.0. The van der Waals surface area contributed by atoms with Crippen LogP contribution in [0.3, 0.4) is 0 Å². The number of benzene rings is 1. The number of fused-ring (bicyclic) bond motifs is 1. The van der Waals surface area contributed by atoms with E-state index >= 15 is 0 Å². The zero-order chi connectivity index (χ0) is 18.7. The van der Waals surface area contributed by atoms with Gasteiger partial charge in [0.05, 0.1) is 37.5 Å². The first-order valence-electron chi connectivity index (χ1n) is 8.21. The van der Waals surface area contributed by atoms with E-state index in [0.717, 1.165) is 10.4 Å². The van der Waals surface area contributed by atoms with Crippen molar-refractivity contribution in [3.63, 3.8) is 0 Å². The molecular formula is C18H20N2O5S. The molecule has 2 heterocycles. The second-order valence-corrected chi connectivity index (χ2v) is 6.59. The van der Waals surface area contributed by atoms with Gasteiger partial charge >= 0.3 is 5.97 Å². The number of methoxy groups -OCH3 is 2. The minimum atomic E-state index is -1.02. The Balaban J connectivity index is 1.91. The minimum absolute atomic E-state index is 0.218. The maximum atomic E-state index is 12.6. The Morgan fingerprint density at radius 2 is 2.12 bits per heavy atom. The highest BCUT2D eigenvalue weighted by molar-refractivity contribution is 7.06. The molecular weight excluding hydrogens is 356 g/mol. The molecule has 1 aliphatic heterocycles. The highest BCUT2D eigenvalue weighted by Crippen LogP contribution is 2.34. The fourth-order valence-electron chi connectivity index (χ4n) is 2.99. The van der Waals surface area contributed by atoms with E-state index in [4.69, 9.17) is 14.2 Å². The fourth-order valence-corrected chi connectivity index (χ4v) is 3.79. The van der Waals surface area contributed by atoms with Crippen LogP contribution in [0.25, 0.3) is 0 Å². The van der Waals surface area contributed by atoms with E-state index < -0.39 is 12.0 Å². The third-order valence-electron chi connectivity index (χ3n) is 4.25. The third kappa shape index (κ3) is 3.42. The molecule has 2 atom stereocenters. The van der Waals surface area contributed by atoms with Crippen LogP contribution in [0.2, 0.25) is 0 Å². The molecule has 3 rings (SSSR count). The number of ketones is 1. The van der Waals surface area contributed by atoms with Gasteiger partial charge in [0.2, 0.25) is 0 Å². The first-order chi connectivity index (χ1) is 12.6. The number of ether oxygens (including phenoxy) is 3.